The maximum Gasteiger partial charge on any atom is 0.319 e. The molecule has 4 saturated heterocycles. The first-order valence-electron chi connectivity index (χ1n) is 15.5. The molecule has 4 aliphatic rings. The van der Waals surface area contributed by atoms with E-state index in [1.165, 1.54) is 0 Å². The summed E-state index contributed by atoms with van der Waals surface area (Å²) in [5.74, 6) is -0.0655. The molecule has 9 nitrogen and oxygen atoms in total. The van der Waals surface area contributed by atoms with Gasteiger partial charge in [-0.1, -0.05) is 25.1 Å². The van der Waals surface area contributed by atoms with Crippen LogP contribution in [0, 0.1) is 5.82 Å². The average Bonchev–Trinajstić information content (AvgIpc) is 3.54. The van der Waals surface area contributed by atoms with Gasteiger partial charge in [-0.05, 0) is 54.3 Å². The molecule has 6 heterocycles. The number of hydrogen-bond acceptors (Lipinski definition) is 9. The Bertz CT molecular complexity index is 1750. The lowest BCUT2D eigenvalue weighted by Crippen LogP contribution is -2.54. The number of fused-ring (bicyclic) bond motifs is 5. The number of aromatic nitrogens is 3. The Morgan fingerprint density at radius 3 is 2.80 bits per heavy atom. The Kier molecular flexibility index (Phi) is 6.80. The fourth-order valence-corrected chi connectivity index (χ4v) is 7.75. The highest BCUT2D eigenvalue weighted by Gasteiger charge is 2.49. The number of phenolic OH excluding ortho intramolecular Hbond substituents is 1. The summed E-state index contributed by atoms with van der Waals surface area (Å²) in [6, 6.07) is 9.13. The number of morpholine rings is 1. The third-order valence-corrected chi connectivity index (χ3v) is 9.70. The standard InChI is InChI=1S/C33H35F2N5O4/c1-2-19-5-3-6-20-9-22(41)10-25(27(19)20)29-28(35)30-26(12-36-29)31(39-14-23-16-42-17-24(15-39)44-23)38-32(37-30)43-18-33-7-4-8-40(33)13-21(34)11-33/h3,5-6,9-10,12,21,23-24,41H,2,4,7-8,11,13-18H2,1H3/t21-,23?,24?,33+/m1/s1. The van der Waals surface area contributed by atoms with Crippen LogP contribution in [0.2, 0.25) is 0 Å². The number of benzene rings is 2. The molecule has 0 radical (unpaired) electrons. The van der Waals surface area contributed by atoms with Crippen molar-refractivity contribution < 1.29 is 28.1 Å². The summed E-state index contributed by atoms with van der Waals surface area (Å²) in [6.07, 6.45) is 3.42. The van der Waals surface area contributed by atoms with Gasteiger partial charge in [0.1, 0.15) is 35.6 Å². The molecule has 1 N–H and O–H groups in total. The summed E-state index contributed by atoms with van der Waals surface area (Å²) in [6.45, 7) is 5.51. The van der Waals surface area contributed by atoms with Gasteiger partial charge >= 0.3 is 6.01 Å². The lowest BCUT2D eigenvalue weighted by atomic mass is 9.95. The van der Waals surface area contributed by atoms with Crippen LogP contribution in [0.4, 0.5) is 14.6 Å². The zero-order valence-corrected chi connectivity index (χ0v) is 24.6. The molecule has 0 spiro atoms. The molecule has 4 fully saturated rings. The van der Waals surface area contributed by atoms with Gasteiger partial charge in [-0.2, -0.15) is 9.97 Å². The van der Waals surface area contributed by atoms with E-state index in [0.29, 0.717) is 56.0 Å². The van der Waals surface area contributed by atoms with Crippen molar-refractivity contribution >= 4 is 27.5 Å². The van der Waals surface area contributed by atoms with E-state index in [1.54, 1.807) is 18.3 Å². The Hall–Kier alpha value is -3.67. The van der Waals surface area contributed by atoms with Crippen LogP contribution in [0.25, 0.3) is 32.9 Å². The van der Waals surface area contributed by atoms with Gasteiger partial charge in [0.15, 0.2) is 5.82 Å². The van der Waals surface area contributed by atoms with Gasteiger partial charge in [-0.15, -0.1) is 0 Å². The van der Waals surface area contributed by atoms with E-state index in [-0.39, 0.29) is 41.8 Å². The number of hydrogen-bond donors (Lipinski definition) is 1. The zero-order chi connectivity index (χ0) is 30.0. The molecule has 2 unspecified atom stereocenters. The average molecular weight is 604 g/mol. The second kappa shape index (κ2) is 10.7. The Labute approximate surface area is 253 Å². The highest BCUT2D eigenvalue weighted by atomic mass is 19.1. The van der Waals surface area contributed by atoms with E-state index in [2.05, 4.69) is 19.8 Å². The second-order valence-electron chi connectivity index (χ2n) is 12.6. The lowest BCUT2D eigenvalue weighted by molar-refractivity contribution is -0.144. The third kappa shape index (κ3) is 4.64. The Morgan fingerprint density at radius 2 is 1.98 bits per heavy atom. The van der Waals surface area contributed by atoms with Crippen molar-refractivity contribution in [2.75, 3.05) is 50.9 Å². The fourth-order valence-electron chi connectivity index (χ4n) is 7.75. The number of rotatable bonds is 6. The molecular weight excluding hydrogens is 568 g/mol. The van der Waals surface area contributed by atoms with Crippen LogP contribution < -0.4 is 9.64 Å². The Morgan fingerprint density at radius 1 is 1.14 bits per heavy atom. The molecule has 4 aromatic rings. The van der Waals surface area contributed by atoms with Crippen molar-refractivity contribution in [1.82, 2.24) is 19.9 Å². The molecule has 0 amide bonds. The van der Waals surface area contributed by atoms with E-state index >= 15 is 4.39 Å². The minimum atomic E-state index is -0.891. The van der Waals surface area contributed by atoms with Gasteiger partial charge in [0.2, 0.25) is 0 Å². The summed E-state index contributed by atoms with van der Waals surface area (Å²) >= 11 is 0. The van der Waals surface area contributed by atoms with Gasteiger partial charge in [0, 0.05) is 37.8 Å². The predicted octanol–water partition coefficient (Wildman–Crippen LogP) is 4.81. The number of alkyl halides is 1. The van der Waals surface area contributed by atoms with Crippen LogP contribution in [0.3, 0.4) is 0 Å². The van der Waals surface area contributed by atoms with Gasteiger partial charge in [-0.25, -0.2) is 8.78 Å². The van der Waals surface area contributed by atoms with Crippen LogP contribution in [-0.4, -0.2) is 94.9 Å². The normalized spacial score (nSPS) is 26.9. The zero-order valence-electron chi connectivity index (χ0n) is 24.6. The molecular formula is C33H35F2N5O4. The van der Waals surface area contributed by atoms with E-state index in [0.717, 1.165) is 42.1 Å². The Balaban J connectivity index is 1.26. The molecule has 0 aliphatic carbocycles. The van der Waals surface area contributed by atoms with Gasteiger partial charge in [0.25, 0.3) is 0 Å². The summed E-state index contributed by atoms with van der Waals surface area (Å²) in [5.41, 5.74) is 1.31. The van der Waals surface area contributed by atoms with Gasteiger partial charge < -0.3 is 24.2 Å². The molecule has 8 rings (SSSR count). The smallest absolute Gasteiger partial charge is 0.319 e. The number of ether oxygens (including phenoxy) is 3. The first kappa shape index (κ1) is 27.8. The molecule has 0 saturated carbocycles. The van der Waals surface area contributed by atoms with Crippen LogP contribution in [0.5, 0.6) is 11.8 Å². The molecule has 230 valence electrons. The quantitative estimate of drug-likeness (QED) is 0.333. The monoisotopic (exact) mass is 603 g/mol. The van der Waals surface area contributed by atoms with E-state index in [4.69, 9.17) is 19.2 Å². The van der Waals surface area contributed by atoms with Crippen molar-refractivity contribution in [2.45, 2.75) is 56.5 Å². The molecule has 44 heavy (non-hydrogen) atoms. The van der Waals surface area contributed by atoms with Crippen molar-refractivity contribution in [3.05, 3.63) is 47.9 Å². The summed E-state index contributed by atoms with van der Waals surface area (Å²) in [5, 5.41) is 12.7. The number of anilines is 1. The van der Waals surface area contributed by atoms with Crippen molar-refractivity contribution in [1.29, 1.82) is 0 Å². The topological polar surface area (TPSA) is 93.1 Å². The number of nitrogens with zero attached hydrogens (tertiary/aromatic N) is 5. The van der Waals surface area contributed by atoms with E-state index < -0.39 is 17.5 Å². The molecule has 4 atom stereocenters. The lowest BCUT2D eigenvalue weighted by Gasteiger charge is -2.42. The van der Waals surface area contributed by atoms with E-state index in [1.807, 2.05) is 25.1 Å². The highest BCUT2D eigenvalue weighted by molar-refractivity contribution is 6.01. The minimum absolute atomic E-state index is 0.0274. The van der Waals surface area contributed by atoms with Gasteiger partial charge in [-0.3, -0.25) is 9.88 Å². The fraction of sp³-hybridized carbons (Fsp3) is 0.485. The van der Waals surface area contributed by atoms with Gasteiger partial charge in [0.05, 0.1) is 36.3 Å². The maximum absolute atomic E-state index is 16.8. The van der Waals surface area contributed by atoms with Crippen molar-refractivity contribution in [3.8, 4) is 23.0 Å². The molecule has 4 aliphatic heterocycles. The molecule has 11 heteroatoms. The van der Waals surface area contributed by atoms with Crippen molar-refractivity contribution in [3.63, 3.8) is 0 Å². The molecule has 2 bridgehead atoms. The summed E-state index contributed by atoms with van der Waals surface area (Å²) in [7, 11) is 0. The summed E-state index contributed by atoms with van der Waals surface area (Å²) in [4.78, 5) is 18.3. The van der Waals surface area contributed by atoms with Crippen molar-refractivity contribution in [2.24, 2.45) is 0 Å². The van der Waals surface area contributed by atoms with Crippen LogP contribution >= 0.6 is 0 Å². The number of aromatic hydroxyl groups is 1. The number of phenols is 1. The minimum Gasteiger partial charge on any atom is -0.508 e. The molecule has 2 aromatic carbocycles. The highest BCUT2D eigenvalue weighted by Crippen LogP contribution is 2.42. The first-order chi connectivity index (χ1) is 21.4. The van der Waals surface area contributed by atoms with Crippen LogP contribution in [-0.2, 0) is 15.9 Å². The van der Waals surface area contributed by atoms with E-state index in [9.17, 15) is 9.50 Å². The SMILES string of the molecule is CCc1cccc2cc(O)cc(-c3ncc4c(N5CC6COCC(C5)O6)nc(OC[C@@]56CCCN5C[C@H](F)C6)nc4c3F)c12. The number of halogens is 2. The molecule has 2 aromatic heterocycles. The maximum atomic E-state index is 16.8. The predicted molar refractivity (Wildman–Crippen MR) is 162 cm³/mol. The third-order valence-electron chi connectivity index (χ3n) is 9.70. The number of aryl methyl sites for hydroxylation is 1. The van der Waals surface area contributed by atoms with Crippen LogP contribution in [0.15, 0.2) is 36.5 Å². The second-order valence-corrected chi connectivity index (χ2v) is 12.6. The summed E-state index contributed by atoms with van der Waals surface area (Å²) < 4.78 is 49.3. The number of pyridine rings is 1. The first-order valence-corrected chi connectivity index (χ1v) is 15.5. The van der Waals surface area contributed by atoms with Crippen LogP contribution in [0.1, 0.15) is 31.7 Å². The largest absolute Gasteiger partial charge is 0.508 e.